The number of rotatable bonds is 7. The summed E-state index contributed by atoms with van der Waals surface area (Å²) in [5.74, 6) is 1.22. The van der Waals surface area contributed by atoms with Gasteiger partial charge in [-0.15, -0.1) is 0 Å². The number of hydrogen-bond donors (Lipinski definition) is 0. The molecule has 7 heteroatoms. The molecule has 2 heterocycles. The fourth-order valence-corrected chi connectivity index (χ4v) is 2.84. The molecule has 0 spiro atoms. The lowest BCUT2D eigenvalue weighted by Crippen LogP contribution is -2.30. The number of carbonyl (C=O) groups excluding carboxylic acids is 1. The fraction of sp³-hybridized carbons (Fsp3) is 0.688. The molecule has 0 radical (unpaired) electrons. The van der Waals surface area contributed by atoms with Crippen LogP contribution in [0.25, 0.3) is 0 Å². The van der Waals surface area contributed by atoms with Crippen molar-refractivity contribution in [2.24, 2.45) is 5.92 Å². The van der Waals surface area contributed by atoms with Gasteiger partial charge in [0.25, 0.3) is 5.91 Å². The SMILES string of the molecule is COCCN1CCC(CN(C)c2cncc(C(=O)N(C)C)n2)C1. The Hall–Kier alpha value is -1.73. The molecule has 1 unspecified atom stereocenters. The monoisotopic (exact) mass is 321 g/mol. The van der Waals surface area contributed by atoms with Gasteiger partial charge in [0.15, 0.2) is 0 Å². The van der Waals surface area contributed by atoms with Crippen LogP contribution < -0.4 is 4.90 Å². The summed E-state index contributed by atoms with van der Waals surface area (Å²) in [7, 11) is 7.18. The van der Waals surface area contributed by atoms with Crippen molar-refractivity contribution in [2.75, 3.05) is 65.9 Å². The number of methoxy groups -OCH3 is 1. The molecule has 7 nitrogen and oxygen atoms in total. The Kier molecular flexibility index (Phi) is 6.29. The largest absolute Gasteiger partial charge is 0.383 e. The van der Waals surface area contributed by atoms with Crippen LogP contribution in [0.1, 0.15) is 16.9 Å². The predicted octanol–water partition coefficient (Wildman–Crippen LogP) is 0.583. The minimum Gasteiger partial charge on any atom is -0.383 e. The average Bonchev–Trinajstić information content (AvgIpc) is 2.99. The van der Waals surface area contributed by atoms with Crippen molar-refractivity contribution in [2.45, 2.75) is 6.42 Å². The second-order valence-corrected chi connectivity index (χ2v) is 6.29. The van der Waals surface area contributed by atoms with Gasteiger partial charge in [0.1, 0.15) is 11.5 Å². The van der Waals surface area contributed by atoms with Crippen molar-refractivity contribution in [3.8, 4) is 0 Å². The second-order valence-electron chi connectivity index (χ2n) is 6.29. The van der Waals surface area contributed by atoms with Gasteiger partial charge in [-0.1, -0.05) is 0 Å². The smallest absolute Gasteiger partial charge is 0.273 e. The molecule has 0 aliphatic carbocycles. The summed E-state index contributed by atoms with van der Waals surface area (Å²) >= 11 is 0. The topological polar surface area (TPSA) is 61.8 Å². The molecule has 1 saturated heterocycles. The van der Waals surface area contributed by atoms with E-state index < -0.39 is 0 Å². The zero-order chi connectivity index (χ0) is 16.8. The molecule has 1 aromatic heterocycles. The number of ether oxygens (including phenoxy) is 1. The number of carbonyl (C=O) groups is 1. The molecule has 1 aromatic rings. The normalized spacial score (nSPS) is 18.2. The van der Waals surface area contributed by atoms with Crippen molar-refractivity contribution in [1.82, 2.24) is 19.8 Å². The Morgan fingerprint density at radius 3 is 2.87 bits per heavy atom. The summed E-state index contributed by atoms with van der Waals surface area (Å²) in [4.78, 5) is 26.6. The van der Waals surface area contributed by atoms with Crippen LogP contribution in [0.15, 0.2) is 12.4 Å². The molecule has 0 N–H and O–H groups in total. The van der Waals surface area contributed by atoms with Crippen LogP contribution in [0.2, 0.25) is 0 Å². The van der Waals surface area contributed by atoms with Crippen LogP contribution in [0.4, 0.5) is 5.82 Å². The van der Waals surface area contributed by atoms with Crippen molar-refractivity contribution < 1.29 is 9.53 Å². The van der Waals surface area contributed by atoms with Crippen molar-refractivity contribution in [1.29, 1.82) is 0 Å². The van der Waals surface area contributed by atoms with Crippen molar-refractivity contribution in [3.63, 3.8) is 0 Å². The Morgan fingerprint density at radius 1 is 1.39 bits per heavy atom. The first-order valence-electron chi connectivity index (χ1n) is 7.97. The van der Waals surface area contributed by atoms with Gasteiger partial charge in [-0.05, 0) is 18.9 Å². The van der Waals surface area contributed by atoms with E-state index in [9.17, 15) is 4.79 Å². The van der Waals surface area contributed by atoms with E-state index in [-0.39, 0.29) is 5.91 Å². The van der Waals surface area contributed by atoms with E-state index in [1.165, 1.54) is 17.5 Å². The highest BCUT2D eigenvalue weighted by atomic mass is 16.5. The van der Waals surface area contributed by atoms with Crippen LogP contribution >= 0.6 is 0 Å². The minimum atomic E-state index is -0.126. The minimum absolute atomic E-state index is 0.126. The summed E-state index contributed by atoms with van der Waals surface area (Å²) in [5.41, 5.74) is 0.382. The van der Waals surface area contributed by atoms with Gasteiger partial charge in [-0.3, -0.25) is 9.78 Å². The van der Waals surface area contributed by atoms with Crippen LogP contribution in [0.3, 0.4) is 0 Å². The standard InChI is InChI=1S/C16H27N5O2/c1-19(2)16(22)14-9-17-10-15(18-14)20(3)11-13-5-6-21(12-13)7-8-23-4/h9-10,13H,5-8,11-12H2,1-4H3. The van der Waals surface area contributed by atoms with Crippen molar-refractivity contribution >= 4 is 11.7 Å². The third-order valence-electron chi connectivity index (χ3n) is 4.15. The Bertz CT molecular complexity index is 523. The number of hydrogen-bond acceptors (Lipinski definition) is 6. The summed E-state index contributed by atoms with van der Waals surface area (Å²) < 4.78 is 5.14. The maximum atomic E-state index is 12.0. The maximum absolute atomic E-state index is 12.0. The Balaban J connectivity index is 1.92. The van der Waals surface area contributed by atoms with Gasteiger partial charge in [-0.2, -0.15) is 0 Å². The molecule has 1 amide bonds. The number of nitrogens with zero attached hydrogens (tertiary/aromatic N) is 5. The number of anilines is 1. The molecule has 128 valence electrons. The molecular formula is C16H27N5O2. The highest BCUT2D eigenvalue weighted by Gasteiger charge is 2.24. The van der Waals surface area contributed by atoms with Gasteiger partial charge < -0.3 is 19.4 Å². The van der Waals surface area contributed by atoms with Gasteiger partial charge >= 0.3 is 0 Å². The van der Waals surface area contributed by atoms with Gasteiger partial charge in [-0.25, -0.2) is 4.98 Å². The molecule has 1 atom stereocenters. The highest BCUT2D eigenvalue weighted by molar-refractivity contribution is 5.91. The summed E-state index contributed by atoms with van der Waals surface area (Å²) in [5, 5.41) is 0. The van der Waals surface area contributed by atoms with Crippen LogP contribution in [0, 0.1) is 5.92 Å². The first kappa shape index (κ1) is 17.6. The molecular weight excluding hydrogens is 294 g/mol. The zero-order valence-electron chi connectivity index (χ0n) is 14.5. The lowest BCUT2D eigenvalue weighted by molar-refractivity contribution is 0.0821. The summed E-state index contributed by atoms with van der Waals surface area (Å²) in [6.07, 6.45) is 4.41. The van der Waals surface area contributed by atoms with Gasteiger partial charge in [0.2, 0.25) is 0 Å². The first-order chi connectivity index (χ1) is 11.0. The van der Waals surface area contributed by atoms with Crippen LogP contribution in [-0.2, 0) is 4.74 Å². The van der Waals surface area contributed by atoms with E-state index in [0.29, 0.717) is 11.6 Å². The zero-order valence-corrected chi connectivity index (χ0v) is 14.5. The molecule has 0 saturated carbocycles. The Morgan fingerprint density at radius 2 is 2.17 bits per heavy atom. The van der Waals surface area contributed by atoms with E-state index >= 15 is 0 Å². The number of aromatic nitrogens is 2. The Labute approximate surface area is 138 Å². The van der Waals surface area contributed by atoms with Crippen molar-refractivity contribution in [3.05, 3.63) is 18.1 Å². The highest BCUT2D eigenvalue weighted by Crippen LogP contribution is 2.19. The molecule has 0 bridgehead atoms. The van der Waals surface area contributed by atoms with Crippen LogP contribution in [-0.4, -0.2) is 86.7 Å². The fourth-order valence-electron chi connectivity index (χ4n) is 2.84. The third-order valence-corrected chi connectivity index (χ3v) is 4.15. The summed E-state index contributed by atoms with van der Waals surface area (Å²) in [6.45, 7) is 4.88. The molecule has 0 aromatic carbocycles. The maximum Gasteiger partial charge on any atom is 0.273 e. The summed E-state index contributed by atoms with van der Waals surface area (Å²) in [6, 6.07) is 0. The number of amides is 1. The van der Waals surface area contributed by atoms with Crippen LogP contribution in [0.5, 0.6) is 0 Å². The molecule has 1 aliphatic rings. The predicted molar refractivity (Wildman–Crippen MR) is 89.7 cm³/mol. The molecule has 1 fully saturated rings. The second kappa shape index (κ2) is 8.21. The van der Waals surface area contributed by atoms with E-state index in [4.69, 9.17) is 4.74 Å². The first-order valence-corrected chi connectivity index (χ1v) is 7.97. The third kappa shape index (κ3) is 4.87. The average molecular weight is 321 g/mol. The molecule has 1 aliphatic heterocycles. The molecule has 2 rings (SSSR count). The van der Waals surface area contributed by atoms with E-state index in [1.54, 1.807) is 27.4 Å². The lowest BCUT2D eigenvalue weighted by Gasteiger charge is -2.23. The van der Waals surface area contributed by atoms with E-state index in [2.05, 4.69) is 19.8 Å². The van der Waals surface area contributed by atoms with Gasteiger partial charge in [0.05, 0.1) is 19.0 Å². The number of likely N-dealkylation sites (tertiary alicyclic amines) is 1. The van der Waals surface area contributed by atoms with E-state index in [0.717, 1.165) is 38.6 Å². The van der Waals surface area contributed by atoms with Gasteiger partial charge in [0, 0.05) is 47.9 Å². The molecule has 23 heavy (non-hydrogen) atoms. The van der Waals surface area contributed by atoms with E-state index in [1.807, 2.05) is 7.05 Å². The quantitative estimate of drug-likeness (QED) is 0.732. The lowest BCUT2D eigenvalue weighted by atomic mass is 10.1.